The first-order chi connectivity index (χ1) is 9.04. The average Bonchev–Trinajstić information content (AvgIpc) is 2.34. The zero-order valence-corrected chi connectivity index (χ0v) is 11.5. The Hall–Kier alpha value is -0.640. The van der Waals surface area contributed by atoms with Crippen LogP contribution < -0.4 is 5.73 Å². The lowest BCUT2D eigenvalue weighted by atomic mass is 9.30. The Balaban J connectivity index is 2.65. The monoisotopic (exact) mass is 279 g/mol. The maximum Gasteiger partial charge on any atom is 0.183 e. The van der Waals surface area contributed by atoms with Crippen molar-refractivity contribution in [3.63, 3.8) is 0 Å². The lowest BCUT2D eigenvalue weighted by Gasteiger charge is -2.55. The van der Waals surface area contributed by atoms with Gasteiger partial charge in [0.2, 0.25) is 0 Å². The maximum absolute atomic E-state index is 12.5. The Morgan fingerprint density at radius 2 is 1.80 bits per heavy atom. The van der Waals surface area contributed by atoms with Gasteiger partial charge >= 0.3 is 0 Å². The van der Waals surface area contributed by atoms with E-state index in [1.54, 1.807) is 18.2 Å². The van der Waals surface area contributed by atoms with Crippen molar-refractivity contribution in [1.82, 2.24) is 0 Å². The van der Waals surface area contributed by atoms with E-state index in [1.165, 1.54) is 6.07 Å². The van der Waals surface area contributed by atoms with E-state index in [-0.39, 0.29) is 17.0 Å². The molecule has 8 heteroatoms. The molecule has 0 bridgehead atoms. The molecule has 20 heavy (non-hydrogen) atoms. The summed E-state index contributed by atoms with van der Waals surface area (Å²) in [5.41, 5.74) is 4.50. The van der Waals surface area contributed by atoms with Crippen molar-refractivity contribution in [1.29, 1.82) is 0 Å². The Morgan fingerprint density at radius 1 is 1.25 bits per heavy atom. The van der Waals surface area contributed by atoms with Crippen LogP contribution in [-0.4, -0.2) is 48.4 Å². The SMILES string of the molecule is [B]C1([B])CC([B])([B])C(N)(c2ccccc2Cl)C(=O)C1O. The van der Waals surface area contributed by atoms with Crippen LogP contribution in [0.15, 0.2) is 24.3 Å². The summed E-state index contributed by atoms with van der Waals surface area (Å²) in [5.74, 6) is -0.855. The van der Waals surface area contributed by atoms with E-state index in [2.05, 4.69) is 0 Å². The van der Waals surface area contributed by atoms with Gasteiger partial charge < -0.3 is 10.8 Å². The van der Waals surface area contributed by atoms with Gasteiger partial charge in [-0.15, -0.1) is 0 Å². The van der Waals surface area contributed by atoms with E-state index in [4.69, 9.17) is 48.7 Å². The van der Waals surface area contributed by atoms with Crippen LogP contribution in [0, 0.1) is 0 Å². The zero-order valence-electron chi connectivity index (χ0n) is 10.7. The predicted molar refractivity (Wildman–Crippen MR) is 81.4 cm³/mol. The molecule has 0 aromatic heterocycles. The summed E-state index contributed by atoms with van der Waals surface area (Å²) in [4.78, 5) is 12.5. The van der Waals surface area contributed by atoms with Gasteiger partial charge in [-0.05, 0) is 11.6 Å². The molecule has 8 radical (unpaired) electrons. The van der Waals surface area contributed by atoms with E-state index >= 15 is 0 Å². The number of nitrogens with two attached hydrogens (primary N) is 1. The van der Waals surface area contributed by atoms with Gasteiger partial charge in [0.05, 0.1) is 36.9 Å². The second kappa shape index (κ2) is 4.69. The summed E-state index contributed by atoms with van der Waals surface area (Å²) in [6, 6.07) is 6.39. The summed E-state index contributed by atoms with van der Waals surface area (Å²) in [6.07, 6.45) is -1.95. The third-order valence-corrected chi connectivity index (χ3v) is 4.11. The largest absolute Gasteiger partial charge is 0.386 e. The average molecular weight is 279 g/mol. The minimum atomic E-state index is -1.88. The van der Waals surface area contributed by atoms with Gasteiger partial charge in [0.25, 0.3) is 0 Å². The summed E-state index contributed by atoms with van der Waals surface area (Å²) >= 11 is 6.07. The van der Waals surface area contributed by atoms with Gasteiger partial charge in [-0.2, -0.15) is 0 Å². The Morgan fingerprint density at radius 3 is 2.35 bits per heavy atom. The first kappa shape index (κ1) is 15.7. The molecule has 1 aromatic carbocycles. The van der Waals surface area contributed by atoms with Crippen LogP contribution in [-0.2, 0) is 10.3 Å². The number of hydrogen-bond acceptors (Lipinski definition) is 3. The number of carbonyl (C=O) groups excluding carboxylic acids is 1. The van der Waals surface area contributed by atoms with Gasteiger partial charge in [-0.25, -0.2) is 0 Å². The molecule has 0 amide bonds. The van der Waals surface area contributed by atoms with Crippen molar-refractivity contribution >= 4 is 48.8 Å². The number of rotatable bonds is 1. The second-order valence-corrected chi connectivity index (χ2v) is 5.79. The molecule has 0 saturated heterocycles. The fraction of sp³-hybridized carbons (Fsp3) is 0.417. The standard InChI is InChI=1S/C12H10B4ClNO2/c13-10(14)5-11(15,16)12(18,9(20)8(10)19)6-3-1-2-4-7(6)17/h1-4,8,19H,5,18H2. The Labute approximate surface area is 128 Å². The van der Waals surface area contributed by atoms with Crippen molar-refractivity contribution in [3.8, 4) is 0 Å². The van der Waals surface area contributed by atoms with Gasteiger partial charge in [-0.1, -0.05) is 46.6 Å². The van der Waals surface area contributed by atoms with Crippen molar-refractivity contribution in [2.75, 3.05) is 0 Å². The Bertz CT molecular complexity index is 566. The van der Waals surface area contributed by atoms with Crippen LogP contribution in [0.5, 0.6) is 0 Å². The van der Waals surface area contributed by atoms with E-state index in [9.17, 15) is 9.90 Å². The Kier molecular flexibility index (Phi) is 3.69. The van der Waals surface area contributed by atoms with Gasteiger partial charge in [0.15, 0.2) is 5.78 Å². The predicted octanol–water partition coefficient (Wildman–Crippen LogP) is -0.266. The first-order valence-corrected chi connectivity index (χ1v) is 6.33. The fourth-order valence-corrected chi connectivity index (χ4v) is 2.88. The molecule has 2 rings (SSSR count). The summed E-state index contributed by atoms with van der Waals surface area (Å²) in [7, 11) is 23.3. The van der Waals surface area contributed by atoms with E-state index < -0.39 is 27.9 Å². The van der Waals surface area contributed by atoms with Gasteiger partial charge in [0.1, 0.15) is 6.10 Å². The second-order valence-electron chi connectivity index (χ2n) is 5.38. The number of hydrogen-bond donors (Lipinski definition) is 2. The summed E-state index contributed by atoms with van der Waals surface area (Å²) in [6.45, 7) is 0. The molecule has 3 nitrogen and oxygen atoms in total. The van der Waals surface area contributed by atoms with Crippen LogP contribution in [0.25, 0.3) is 0 Å². The van der Waals surface area contributed by atoms with E-state index in [0.29, 0.717) is 0 Å². The number of benzene rings is 1. The highest BCUT2D eigenvalue weighted by Gasteiger charge is 2.58. The molecular weight excluding hydrogens is 269 g/mol. The minimum Gasteiger partial charge on any atom is -0.386 e. The highest BCUT2D eigenvalue weighted by atomic mass is 35.5. The highest BCUT2D eigenvalue weighted by molar-refractivity contribution is 6.49. The number of aliphatic hydroxyl groups is 1. The lowest BCUT2D eigenvalue weighted by Crippen LogP contribution is -2.65. The van der Waals surface area contributed by atoms with E-state index in [1.807, 2.05) is 0 Å². The van der Waals surface area contributed by atoms with E-state index in [0.717, 1.165) is 0 Å². The quantitative estimate of drug-likeness (QED) is 0.696. The molecule has 1 aliphatic carbocycles. The lowest BCUT2D eigenvalue weighted by molar-refractivity contribution is -0.137. The van der Waals surface area contributed by atoms with Crippen molar-refractivity contribution < 1.29 is 9.90 Å². The van der Waals surface area contributed by atoms with Crippen LogP contribution >= 0.6 is 11.6 Å². The molecule has 2 atom stereocenters. The number of aliphatic hydroxyl groups excluding tert-OH is 1. The molecule has 1 aromatic rings. The highest BCUT2D eigenvalue weighted by Crippen LogP contribution is 2.55. The topological polar surface area (TPSA) is 63.3 Å². The molecular formula is C12H10B4ClNO2. The third kappa shape index (κ3) is 2.07. The third-order valence-electron chi connectivity index (χ3n) is 3.78. The van der Waals surface area contributed by atoms with Crippen LogP contribution in [0.4, 0.5) is 0 Å². The normalized spacial score (nSPS) is 31.9. The minimum absolute atomic E-state index is 0.220. The van der Waals surface area contributed by atoms with Crippen molar-refractivity contribution in [2.45, 2.75) is 28.5 Å². The number of carbonyl (C=O) groups is 1. The molecule has 0 spiro atoms. The molecule has 1 saturated carbocycles. The van der Waals surface area contributed by atoms with Crippen molar-refractivity contribution in [2.24, 2.45) is 5.73 Å². The zero-order chi connectivity index (χ0) is 15.3. The first-order valence-electron chi connectivity index (χ1n) is 5.96. The summed E-state index contributed by atoms with van der Waals surface area (Å²) in [5, 5.41) is 6.71. The van der Waals surface area contributed by atoms with Crippen LogP contribution in [0.2, 0.25) is 15.5 Å². The fourth-order valence-electron chi connectivity index (χ4n) is 2.60. The molecule has 2 unspecified atom stereocenters. The molecule has 1 fully saturated rings. The van der Waals surface area contributed by atoms with Crippen molar-refractivity contribution in [3.05, 3.63) is 34.9 Å². The van der Waals surface area contributed by atoms with Gasteiger partial charge in [0, 0.05) is 5.02 Å². The number of halogens is 1. The maximum atomic E-state index is 12.5. The number of ketones is 1. The number of Topliss-reactive ketones (excluding diaryl/α,β-unsaturated/α-hetero) is 1. The molecule has 0 aliphatic heterocycles. The molecule has 0 heterocycles. The van der Waals surface area contributed by atoms with Crippen LogP contribution in [0.3, 0.4) is 0 Å². The molecule has 94 valence electrons. The molecule has 3 N–H and O–H groups in total. The van der Waals surface area contributed by atoms with Crippen LogP contribution in [0.1, 0.15) is 12.0 Å². The summed E-state index contributed by atoms with van der Waals surface area (Å²) < 4.78 is 0. The van der Waals surface area contributed by atoms with Gasteiger partial charge in [-0.3, -0.25) is 4.79 Å². The smallest absolute Gasteiger partial charge is 0.183 e. The molecule has 1 aliphatic rings.